The van der Waals surface area contributed by atoms with Crippen LogP contribution in [0, 0.1) is 23.7 Å². The highest BCUT2D eigenvalue weighted by Crippen LogP contribution is 2.40. The number of oxime groups is 1. The molecule has 5 rings (SSSR count). The van der Waals surface area contributed by atoms with Gasteiger partial charge in [-0.1, -0.05) is 75.3 Å². The van der Waals surface area contributed by atoms with Crippen LogP contribution in [0.15, 0.2) is 46.6 Å². The molecule has 328 valence electrons. The van der Waals surface area contributed by atoms with Gasteiger partial charge in [-0.2, -0.15) is 0 Å². The van der Waals surface area contributed by atoms with E-state index in [2.05, 4.69) is 5.16 Å². The molecule has 1 aromatic carbocycles. The molecular formula is C44H65N3O12. The van der Waals surface area contributed by atoms with Gasteiger partial charge in [0.1, 0.15) is 29.4 Å². The Kier molecular flexibility index (Phi) is 15.8. The molecule has 1 amide bonds. The molecule has 15 nitrogen and oxygen atoms in total. The molecule has 0 aromatic heterocycles. The van der Waals surface area contributed by atoms with Gasteiger partial charge in [0.25, 0.3) is 5.91 Å². The summed E-state index contributed by atoms with van der Waals surface area (Å²) >= 11 is 0. The number of amides is 1. The summed E-state index contributed by atoms with van der Waals surface area (Å²) in [4.78, 5) is 55.0. The Hall–Kier alpha value is -3.41. The van der Waals surface area contributed by atoms with Crippen molar-refractivity contribution in [1.82, 2.24) is 4.90 Å². The van der Waals surface area contributed by atoms with Crippen LogP contribution in [-0.4, -0.2) is 145 Å². The summed E-state index contributed by atoms with van der Waals surface area (Å²) in [6.45, 7) is 13.4. The molecular weight excluding hydrogens is 762 g/mol. The highest BCUT2D eigenvalue weighted by molar-refractivity contribution is 6.01. The molecule has 3 fully saturated rings. The van der Waals surface area contributed by atoms with E-state index >= 15 is 0 Å². The van der Waals surface area contributed by atoms with Crippen LogP contribution in [0.5, 0.6) is 0 Å². The van der Waals surface area contributed by atoms with Crippen molar-refractivity contribution in [3.63, 3.8) is 0 Å². The number of aliphatic hydroxyl groups excluding tert-OH is 1. The van der Waals surface area contributed by atoms with Crippen molar-refractivity contribution >= 4 is 35.2 Å². The Morgan fingerprint density at radius 3 is 2.41 bits per heavy atom. The number of carbonyl (C=O) groups excluding carboxylic acids is 3. The van der Waals surface area contributed by atoms with Gasteiger partial charge in [0.2, 0.25) is 6.10 Å². The Balaban J connectivity index is 1.61. The summed E-state index contributed by atoms with van der Waals surface area (Å²) < 4.78 is 38.2. The molecule has 1 unspecified atom stereocenters. The number of ether oxygens (including phenoxy) is 6. The first-order chi connectivity index (χ1) is 27.9. The first-order valence-electron chi connectivity index (χ1n) is 20.9. The van der Waals surface area contributed by atoms with E-state index in [0.717, 1.165) is 5.56 Å². The number of rotatable bonds is 9. The average Bonchev–Trinajstić information content (AvgIpc) is 3.22. The second kappa shape index (κ2) is 20.0. The molecule has 2 N–H and O–H groups in total. The second-order valence-electron chi connectivity index (χ2n) is 17.3. The number of likely N-dealkylation sites (N-methyl/N-ethyl adjacent to an activating group) is 1. The Morgan fingerprint density at radius 2 is 1.73 bits per heavy atom. The number of aliphatic hydroxyl groups is 2. The molecule has 0 radical (unpaired) electrons. The van der Waals surface area contributed by atoms with Crippen LogP contribution in [-0.2, 0) is 47.6 Å². The van der Waals surface area contributed by atoms with Gasteiger partial charge in [0, 0.05) is 23.6 Å². The molecule has 3 saturated heterocycles. The highest BCUT2D eigenvalue weighted by atomic mass is 16.7. The summed E-state index contributed by atoms with van der Waals surface area (Å²) in [7, 11) is 3.74. The predicted molar refractivity (Wildman–Crippen MR) is 220 cm³/mol. The van der Waals surface area contributed by atoms with Crippen molar-refractivity contribution in [3.8, 4) is 0 Å². The number of carbonyl (C=O) groups is 3. The smallest absolute Gasteiger partial charge is 0.316 e. The summed E-state index contributed by atoms with van der Waals surface area (Å²) in [5.41, 5.74) is -1.62. The van der Waals surface area contributed by atoms with E-state index in [4.69, 9.17) is 38.3 Å². The number of cyclic esters (lactones) is 1. The molecule has 0 spiro atoms. The Bertz CT molecular complexity index is 1700. The van der Waals surface area contributed by atoms with Crippen molar-refractivity contribution in [1.29, 1.82) is 0 Å². The SMILES string of the molecule is CC[C@H]1OC(=O)[C@H](C)C(=O)[C@H](C)[C@@H](O[C@@H]2O[C@H](C)C[C@H](N(C)C)[C@H]2O)[C@@]2(C)C[C@@H](C)C3=NC(=O)C(COC/C=C/c4ccccc4)O/N=C(\CO[C@@H]([C@@H]3C)[C@]1(C)O)CO2. The minimum atomic E-state index is -1.84. The molecule has 59 heavy (non-hydrogen) atoms. The summed E-state index contributed by atoms with van der Waals surface area (Å²) in [6, 6.07) is 9.42. The van der Waals surface area contributed by atoms with Gasteiger partial charge in [-0.05, 0) is 72.5 Å². The first kappa shape index (κ1) is 46.7. The third kappa shape index (κ3) is 10.9. The van der Waals surface area contributed by atoms with E-state index < -0.39 is 89.3 Å². The van der Waals surface area contributed by atoms with Crippen molar-refractivity contribution in [3.05, 3.63) is 42.0 Å². The molecule has 15 heteroatoms. The normalized spacial score (nSPS) is 40.1. The Morgan fingerprint density at radius 1 is 1.02 bits per heavy atom. The summed E-state index contributed by atoms with van der Waals surface area (Å²) in [5, 5.41) is 28.4. The number of fused-ring (bicyclic) bond motifs is 4. The number of esters is 1. The molecule has 0 aliphatic carbocycles. The molecule has 4 heterocycles. The van der Waals surface area contributed by atoms with Crippen LogP contribution in [0.25, 0.3) is 6.08 Å². The van der Waals surface area contributed by atoms with Crippen LogP contribution >= 0.6 is 0 Å². The van der Waals surface area contributed by atoms with Crippen molar-refractivity contribution in [2.45, 2.75) is 135 Å². The summed E-state index contributed by atoms with van der Waals surface area (Å²) in [5.74, 6) is -5.53. The summed E-state index contributed by atoms with van der Waals surface area (Å²) in [6.07, 6.45) is -2.49. The third-order valence-electron chi connectivity index (χ3n) is 12.3. The van der Waals surface area contributed by atoms with E-state index in [1.165, 1.54) is 13.8 Å². The van der Waals surface area contributed by atoms with Crippen molar-refractivity contribution in [2.24, 2.45) is 33.8 Å². The number of Topliss-reactive ketones (excluding diaryl/α,β-unsaturated/α-hetero) is 1. The van der Waals surface area contributed by atoms with E-state index in [9.17, 15) is 24.6 Å². The molecule has 4 aliphatic rings. The molecule has 14 atom stereocenters. The zero-order valence-corrected chi connectivity index (χ0v) is 36.2. The lowest BCUT2D eigenvalue weighted by molar-refractivity contribution is -0.296. The molecule has 0 saturated carbocycles. The lowest BCUT2D eigenvalue weighted by atomic mass is 9.73. The van der Waals surface area contributed by atoms with E-state index in [1.807, 2.05) is 82.3 Å². The average molecular weight is 828 g/mol. The Labute approximate surface area is 348 Å². The van der Waals surface area contributed by atoms with E-state index in [1.54, 1.807) is 20.8 Å². The van der Waals surface area contributed by atoms with E-state index in [0.29, 0.717) is 12.1 Å². The van der Waals surface area contributed by atoms with E-state index in [-0.39, 0.29) is 57.1 Å². The number of benzene rings is 1. The van der Waals surface area contributed by atoms with Gasteiger partial charge in [-0.3, -0.25) is 14.4 Å². The van der Waals surface area contributed by atoms with Gasteiger partial charge in [0.15, 0.2) is 12.1 Å². The maximum Gasteiger partial charge on any atom is 0.316 e. The standard InChI is InChI=1S/C44H65N3O12/c1-11-34-44(8,52)39-27(4)35-25(2)21-43(7,38(28(5)36(48)29(6)41(51)57-34)58-42-37(49)32(47(9)10)20-26(3)56-42)55-23-31(22-54-39)46-59-33(40(50)45-35)24-53-19-15-18-30-16-13-12-14-17-30/h12-18,25-29,32-34,37-39,42,49,52H,11,19-24H2,1-10H3/b18-15+,45-35?,46-31+/t25-,26-,27-,28+,29-,32+,33?,34-,37-,38-,39+,42+,43-,44-/m1/s1. The maximum absolute atomic E-state index is 14.4. The second-order valence-corrected chi connectivity index (χ2v) is 17.3. The van der Waals surface area contributed by atoms with Crippen molar-refractivity contribution in [2.75, 3.05) is 40.5 Å². The number of aliphatic imine (C=N–C) groups is 1. The van der Waals surface area contributed by atoms with Crippen LogP contribution in [0.1, 0.15) is 80.2 Å². The number of hydrogen-bond donors (Lipinski definition) is 2. The molecule has 4 aliphatic heterocycles. The first-order valence-corrected chi connectivity index (χ1v) is 20.9. The fraction of sp³-hybridized carbons (Fsp3) is 0.705. The quantitative estimate of drug-likeness (QED) is 0.207. The fourth-order valence-electron chi connectivity index (χ4n) is 8.90. The lowest BCUT2D eigenvalue weighted by Gasteiger charge is -2.47. The van der Waals surface area contributed by atoms with Crippen LogP contribution in [0.3, 0.4) is 0 Å². The van der Waals surface area contributed by atoms with Gasteiger partial charge >= 0.3 is 5.97 Å². The van der Waals surface area contributed by atoms with Gasteiger partial charge in [-0.15, -0.1) is 0 Å². The minimum absolute atomic E-state index is 0.145. The highest BCUT2D eigenvalue weighted by Gasteiger charge is 2.53. The van der Waals surface area contributed by atoms with Gasteiger partial charge in [-0.25, -0.2) is 4.99 Å². The third-order valence-corrected chi connectivity index (χ3v) is 12.3. The monoisotopic (exact) mass is 827 g/mol. The fourth-order valence-corrected chi connectivity index (χ4v) is 8.90. The zero-order chi connectivity index (χ0) is 43.2. The number of hydrogen-bond acceptors (Lipinski definition) is 14. The van der Waals surface area contributed by atoms with Gasteiger partial charge < -0.3 is 48.4 Å². The number of ketones is 1. The van der Waals surface area contributed by atoms with Crippen LogP contribution < -0.4 is 0 Å². The van der Waals surface area contributed by atoms with Crippen LogP contribution in [0.4, 0.5) is 0 Å². The van der Waals surface area contributed by atoms with Gasteiger partial charge in [0.05, 0.1) is 50.3 Å². The zero-order valence-electron chi connectivity index (χ0n) is 36.2. The van der Waals surface area contributed by atoms with Crippen molar-refractivity contribution < 1.29 is 57.9 Å². The molecule has 4 bridgehead atoms. The van der Waals surface area contributed by atoms with Crippen LogP contribution in [0.2, 0.25) is 0 Å². The largest absolute Gasteiger partial charge is 0.459 e. The maximum atomic E-state index is 14.4. The topological polar surface area (TPSA) is 184 Å². The lowest BCUT2D eigenvalue weighted by Crippen LogP contribution is -2.60. The number of nitrogens with zero attached hydrogens (tertiary/aromatic N) is 3. The minimum Gasteiger partial charge on any atom is -0.459 e. The predicted octanol–water partition coefficient (Wildman–Crippen LogP) is 4.01. The molecule has 1 aromatic rings.